The average Bonchev–Trinajstić information content (AvgIpc) is 2.60. The molecule has 1 aromatic rings. The molecule has 1 aliphatic rings. The Kier molecular flexibility index (Phi) is 6.25. The highest BCUT2D eigenvalue weighted by atomic mass is 32.2. The summed E-state index contributed by atoms with van der Waals surface area (Å²) in [5, 5.41) is 24.6. The number of rotatable bonds is 7. The summed E-state index contributed by atoms with van der Waals surface area (Å²) in [6, 6.07) is 3.87. The molecule has 1 aliphatic heterocycles. The van der Waals surface area contributed by atoms with Crippen molar-refractivity contribution in [2.45, 2.75) is 50.5 Å². The number of benzene rings is 1. The van der Waals surface area contributed by atoms with Gasteiger partial charge in [0.1, 0.15) is 5.69 Å². The van der Waals surface area contributed by atoms with Gasteiger partial charge in [0.15, 0.2) is 0 Å². The average molecular weight is 385 g/mol. The van der Waals surface area contributed by atoms with Crippen LogP contribution in [-0.2, 0) is 10.0 Å². The summed E-state index contributed by atoms with van der Waals surface area (Å²) in [7, 11) is -3.74. The number of anilines is 1. The Labute approximate surface area is 154 Å². The fourth-order valence-electron chi connectivity index (χ4n) is 2.71. The van der Waals surface area contributed by atoms with Crippen molar-refractivity contribution in [3.05, 3.63) is 28.3 Å². The Hall–Kier alpha value is -1.71. The molecule has 1 fully saturated rings. The molecule has 146 valence electrons. The zero-order valence-corrected chi connectivity index (χ0v) is 16.3. The lowest BCUT2D eigenvalue weighted by Gasteiger charge is -2.28. The van der Waals surface area contributed by atoms with E-state index in [1.807, 2.05) is 13.8 Å². The van der Waals surface area contributed by atoms with Crippen LogP contribution in [-0.4, -0.2) is 48.0 Å². The molecule has 9 heteroatoms. The molecule has 1 atom stereocenters. The Morgan fingerprint density at radius 1 is 1.31 bits per heavy atom. The number of nitrogens with zero attached hydrogens (tertiary/aromatic N) is 2. The maximum Gasteiger partial charge on any atom is 0.293 e. The summed E-state index contributed by atoms with van der Waals surface area (Å²) < 4.78 is 26.8. The minimum absolute atomic E-state index is 0.0483. The quantitative estimate of drug-likeness (QED) is 0.551. The largest absolute Gasteiger partial charge is 0.388 e. The van der Waals surface area contributed by atoms with Gasteiger partial charge in [0, 0.05) is 25.7 Å². The van der Waals surface area contributed by atoms with E-state index in [4.69, 9.17) is 0 Å². The Bertz CT molecular complexity index is 756. The van der Waals surface area contributed by atoms with Gasteiger partial charge in [0.2, 0.25) is 10.0 Å². The van der Waals surface area contributed by atoms with Gasteiger partial charge in [0.05, 0.1) is 15.4 Å². The molecule has 1 aromatic carbocycles. The van der Waals surface area contributed by atoms with Crippen LogP contribution in [0.15, 0.2) is 23.1 Å². The van der Waals surface area contributed by atoms with Gasteiger partial charge in [-0.05, 0) is 37.8 Å². The van der Waals surface area contributed by atoms with E-state index in [0.29, 0.717) is 13.1 Å². The fraction of sp³-hybridized carbons (Fsp3) is 0.647. The molecule has 26 heavy (non-hydrogen) atoms. The number of piperidine rings is 1. The Morgan fingerprint density at radius 3 is 2.46 bits per heavy atom. The highest BCUT2D eigenvalue weighted by Crippen LogP contribution is 2.30. The number of nitro groups is 1. The minimum atomic E-state index is -3.74. The summed E-state index contributed by atoms with van der Waals surface area (Å²) in [6.07, 6.45) is 2.58. The molecule has 0 spiro atoms. The third-order valence-corrected chi connectivity index (χ3v) is 6.89. The number of nitrogens with one attached hydrogen (secondary N) is 1. The topological polar surface area (TPSA) is 113 Å². The second-order valence-electron chi connectivity index (χ2n) is 7.27. The second-order valence-corrected chi connectivity index (χ2v) is 9.20. The second kappa shape index (κ2) is 7.89. The molecule has 2 rings (SSSR count). The zero-order chi connectivity index (χ0) is 19.5. The Balaban J connectivity index is 2.30. The van der Waals surface area contributed by atoms with Gasteiger partial charge in [-0.3, -0.25) is 10.1 Å². The predicted molar refractivity (Wildman–Crippen MR) is 99.7 cm³/mol. The van der Waals surface area contributed by atoms with Crippen LogP contribution >= 0.6 is 0 Å². The standard InChI is InChI=1S/C17H27N3O5S/c1-13(2)17(3,21)12-18-15-8-7-14(11-16(15)20(22)23)26(24,25)19-9-5-4-6-10-19/h7-8,11,13,18,21H,4-6,9-10,12H2,1-3H3. The predicted octanol–water partition coefficient (Wildman–Crippen LogP) is 2.59. The van der Waals surface area contributed by atoms with Crippen LogP contribution in [0.25, 0.3) is 0 Å². The normalized spacial score (nSPS) is 18.5. The highest BCUT2D eigenvalue weighted by molar-refractivity contribution is 7.89. The molecule has 1 heterocycles. The summed E-state index contributed by atoms with van der Waals surface area (Å²) in [5.74, 6) is -0.0483. The van der Waals surface area contributed by atoms with E-state index in [1.165, 1.54) is 16.4 Å². The van der Waals surface area contributed by atoms with Crippen molar-refractivity contribution in [3.63, 3.8) is 0 Å². The molecular weight excluding hydrogens is 358 g/mol. The lowest BCUT2D eigenvalue weighted by atomic mass is 9.92. The van der Waals surface area contributed by atoms with Crippen molar-refractivity contribution < 1.29 is 18.4 Å². The van der Waals surface area contributed by atoms with Gasteiger partial charge in [-0.1, -0.05) is 20.3 Å². The maximum absolute atomic E-state index is 12.7. The molecule has 8 nitrogen and oxygen atoms in total. The summed E-state index contributed by atoms with van der Waals surface area (Å²) in [4.78, 5) is 10.7. The summed E-state index contributed by atoms with van der Waals surface area (Å²) >= 11 is 0. The molecule has 2 N–H and O–H groups in total. The number of hydrogen-bond acceptors (Lipinski definition) is 6. The van der Waals surface area contributed by atoms with E-state index in [0.717, 1.165) is 25.3 Å². The van der Waals surface area contributed by atoms with Gasteiger partial charge in [-0.25, -0.2) is 8.42 Å². The minimum Gasteiger partial charge on any atom is -0.388 e. The van der Waals surface area contributed by atoms with Crippen LogP contribution in [0.3, 0.4) is 0 Å². The smallest absolute Gasteiger partial charge is 0.293 e. The first kappa shape index (κ1) is 20.6. The third-order valence-electron chi connectivity index (χ3n) is 5.00. The maximum atomic E-state index is 12.7. The fourth-order valence-corrected chi connectivity index (χ4v) is 4.24. The van der Waals surface area contributed by atoms with Gasteiger partial charge in [0.25, 0.3) is 5.69 Å². The van der Waals surface area contributed by atoms with Gasteiger partial charge < -0.3 is 10.4 Å². The molecular formula is C17H27N3O5S. The van der Waals surface area contributed by atoms with Crippen molar-refractivity contribution in [3.8, 4) is 0 Å². The summed E-state index contributed by atoms with van der Waals surface area (Å²) in [5.41, 5.74) is -1.18. The molecule has 0 aromatic heterocycles. The monoisotopic (exact) mass is 385 g/mol. The Morgan fingerprint density at radius 2 is 1.92 bits per heavy atom. The number of sulfonamides is 1. The summed E-state index contributed by atoms with van der Waals surface area (Å²) in [6.45, 7) is 6.34. The third kappa shape index (κ3) is 4.52. The molecule has 0 bridgehead atoms. The van der Waals surface area contributed by atoms with Gasteiger partial charge >= 0.3 is 0 Å². The first-order chi connectivity index (χ1) is 12.1. The molecule has 0 saturated carbocycles. The van der Waals surface area contributed by atoms with E-state index < -0.39 is 20.5 Å². The van der Waals surface area contributed by atoms with Crippen molar-refractivity contribution in [2.75, 3.05) is 25.0 Å². The van der Waals surface area contributed by atoms with Crippen molar-refractivity contribution in [1.82, 2.24) is 4.31 Å². The van der Waals surface area contributed by atoms with Gasteiger partial charge in [-0.15, -0.1) is 0 Å². The van der Waals surface area contributed by atoms with Crippen molar-refractivity contribution in [2.24, 2.45) is 5.92 Å². The zero-order valence-electron chi connectivity index (χ0n) is 15.4. The van der Waals surface area contributed by atoms with Gasteiger partial charge in [-0.2, -0.15) is 4.31 Å². The van der Waals surface area contributed by atoms with E-state index in [1.54, 1.807) is 6.92 Å². The van der Waals surface area contributed by atoms with E-state index >= 15 is 0 Å². The van der Waals surface area contributed by atoms with Crippen LogP contribution in [0.1, 0.15) is 40.0 Å². The van der Waals surface area contributed by atoms with Crippen LogP contribution in [0, 0.1) is 16.0 Å². The first-order valence-electron chi connectivity index (χ1n) is 8.80. The van der Waals surface area contributed by atoms with Crippen LogP contribution in [0.5, 0.6) is 0 Å². The first-order valence-corrected chi connectivity index (χ1v) is 10.2. The molecule has 1 saturated heterocycles. The molecule has 0 radical (unpaired) electrons. The van der Waals surface area contributed by atoms with Crippen LogP contribution in [0.2, 0.25) is 0 Å². The lowest BCUT2D eigenvalue weighted by molar-refractivity contribution is -0.384. The number of aliphatic hydroxyl groups is 1. The van der Waals surface area contributed by atoms with Crippen molar-refractivity contribution in [1.29, 1.82) is 0 Å². The van der Waals surface area contributed by atoms with E-state index in [9.17, 15) is 23.6 Å². The SMILES string of the molecule is CC(C)C(C)(O)CNc1ccc(S(=O)(=O)N2CCCCC2)cc1[N+](=O)[O-]. The molecule has 0 aliphatic carbocycles. The molecule has 1 unspecified atom stereocenters. The number of nitro benzene ring substituents is 1. The van der Waals surface area contributed by atoms with Crippen LogP contribution in [0.4, 0.5) is 11.4 Å². The lowest BCUT2D eigenvalue weighted by Crippen LogP contribution is -2.38. The van der Waals surface area contributed by atoms with Crippen LogP contribution < -0.4 is 5.32 Å². The van der Waals surface area contributed by atoms with Crippen molar-refractivity contribution >= 4 is 21.4 Å². The number of hydrogen-bond donors (Lipinski definition) is 2. The molecule has 0 amide bonds. The van der Waals surface area contributed by atoms with E-state index in [2.05, 4.69) is 5.32 Å². The van der Waals surface area contributed by atoms with E-state index in [-0.39, 0.29) is 28.7 Å². The highest BCUT2D eigenvalue weighted by Gasteiger charge is 2.30.